The molecule has 0 aliphatic rings. The van der Waals surface area contributed by atoms with Crippen molar-refractivity contribution in [3.63, 3.8) is 0 Å². The number of carbonyl (C=O) groups is 4. The van der Waals surface area contributed by atoms with Crippen LogP contribution in [0.25, 0.3) is 0 Å². The van der Waals surface area contributed by atoms with Crippen molar-refractivity contribution in [3.05, 3.63) is 0 Å². The minimum atomic E-state index is -4.96. The van der Waals surface area contributed by atoms with E-state index in [9.17, 15) is 43.2 Å². The first-order valence-electron chi connectivity index (χ1n) is 43.5. The standard InChI is InChI=1S/C84H164O17P2/c1-7-9-11-13-15-17-18-19-20-21-29-34-39-44-50-56-62-68-83(88)100-79(72-94-81(86)66-60-54-48-16-14-12-10-8-2)74-98-102(90,91)96-70-78(85)71-97-103(92,93)99-75-80(101-84(89)69-63-57-51-45-40-35-30-25-23-27-32-37-42-47-53-59-65-77(5)6)73-95-82(87)67-61-55-49-43-38-33-28-24-22-26-31-36-41-46-52-58-64-76(3)4/h76-80,85H,7-75H2,1-6H3,(H,90,91)(H,92,93)/t78-,79+,80+/m0/s1. The van der Waals surface area contributed by atoms with Gasteiger partial charge in [0.05, 0.1) is 26.4 Å². The Bertz CT molecular complexity index is 1980. The van der Waals surface area contributed by atoms with Crippen molar-refractivity contribution < 1.29 is 80.2 Å². The quantitative estimate of drug-likeness (QED) is 0.0222. The van der Waals surface area contributed by atoms with Gasteiger partial charge in [0.15, 0.2) is 12.2 Å². The average molecular weight is 1510 g/mol. The molecule has 0 aromatic heterocycles. The maximum absolute atomic E-state index is 13.1. The van der Waals surface area contributed by atoms with Gasteiger partial charge in [-0.05, 0) is 37.5 Å². The normalized spacial score (nSPS) is 13.9. The zero-order valence-corrected chi connectivity index (χ0v) is 69.4. The van der Waals surface area contributed by atoms with E-state index >= 15 is 0 Å². The number of unbranched alkanes of at least 4 members (excludes halogenated alkanes) is 53. The minimum absolute atomic E-state index is 0.108. The fraction of sp³-hybridized carbons (Fsp3) is 0.952. The molecule has 0 amide bonds. The van der Waals surface area contributed by atoms with E-state index in [2.05, 4.69) is 41.5 Å². The van der Waals surface area contributed by atoms with Gasteiger partial charge in [0.1, 0.15) is 19.3 Å². The van der Waals surface area contributed by atoms with E-state index in [4.69, 9.17) is 37.0 Å². The van der Waals surface area contributed by atoms with Crippen molar-refractivity contribution in [1.29, 1.82) is 0 Å². The molecule has 0 saturated heterocycles. The van der Waals surface area contributed by atoms with Crippen LogP contribution in [0.1, 0.15) is 446 Å². The topological polar surface area (TPSA) is 237 Å². The van der Waals surface area contributed by atoms with Gasteiger partial charge in [0.25, 0.3) is 0 Å². The van der Waals surface area contributed by atoms with Crippen molar-refractivity contribution >= 4 is 39.5 Å². The van der Waals surface area contributed by atoms with Crippen LogP contribution in [0.5, 0.6) is 0 Å². The highest BCUT2D eigenvalue weighted by atomic mass is 31.2. The van der Waals surface area contributed by atoms with E-state index in [-0.39, 0.29) is 25.7 Å². The number of phosphoric ester groups is 2. The van der Waals surface area contributed by atoms with Crippen molar-refractivity contribution in [2.24, 2.45) is 11.8 Å². The van der Waals surface area contributed by atoms with Gasteiger partial charge in [0.2, 0.25) is 0 Å². The summed E-state index contributed by atoms with van der Waals surface area (Å²) in [6.45, 7) is 9.70. The molecule has 0 fully saturated rings. The van der Waals surface area contributed by atoms with Crippen LogP contribution in [-0.4, -0.2) is 96.7 Å². The fourth-order valence-corrected chi connectivity index (χ4v) is 14.6. The first-order valence-corrected chi connectivity index (χ1v) is 46.5. The number of carbonyl (C=O) groups excluding carboxylic acids is 4. The van der Waals surface area contributed by atoms with Crippen LogP contribution < -0.4 is 0 Å². The van der Waals surface area contributed by atoms with Gasteiger partial charge >= 0.3 is 39.5 Å². The largest absolute Gasteiger partial charge is 0.472 e. The highest BCUT2D eigenvalue weighted by molar-refractivity contribution is 7.47. The molecule has 3 N–H and O–H groups in total. The highest BCUT2D eigenvalue weighted by Gasteiger charge is 2.30. The lowest BCUT2D eigenvalue weighted by molar-refractivity contribution is -0.161. The first kappa shape index (κ1) is 101. The van der Waals surface area contributed by atoms with Gasteiger partial charge in [0, 0.05) is 25.7 Å². The second kappa shape index (κ2) is 75.5. The van der Waals surface area contributed by atoms with Crippen molar-refractivity contribution in [1.82, 2.24) is 0 Å². The summed E-state index contributed by atoms with van der Waals surface area (Å²) in [5.74, 6) is -0.484. The summed E-state index contributed by atoms with van der Waals surface area (Å²) in [5.41, 5.74) is 0. The molecule has 0 saturated carbocycles. The van der Waals surface area contributed by atoms with Crippen LogP contribution in [-0.2, 0) is 65.4 Å². The SMILES string of the molecule is CCCCCCCCCCCCCCCCCCCC(=O)O[C@H](COC(=O)CCCCCCCCCC)COP(=O)(O)OC[C@H](O)COP(=O)(O)OC[C@@H](COC(=O)CCCCCCCCCCCCCCCCCCC(C)C)OC(=O)CCCCCCCCCCCCCCCCCCC(C)C. The molecule has 612 valence electrons. The zero-order chi connectivity index (χ0) is 75.6. The Morgan fingerprint density at radius 3 is 0.660 bits per heavy atom. The zero-order valence-electron chi connectivity index (χ0n) is 67.6. The summed E-state index contributed by atoms with van der Waals surface area (Å²) in [6, 6.07) is 0. The third-order valence-corrected chi connectivity index (χ3v) is 21.6. The molecule has 5 atom stereocenters. The molecule has 0 aromatic rings. The van der Waals surface area contributed by atoms with E-state index in [1.807, 2.05) is 0 Å². The second-order valence-corrected chi connectivity index (χ2v) is 34.1. The van der Waals surface area contributed by atoms with Gasteiger partial charge in [-0.2, -0.15) is 0 Å². The number of phosphoric acid groups is 2. The smallest absolute Gasteiger partial charge is 0.462 e. The summed E-state index contributed by atoms with van der Waals surface area (Å²) < 4.78 is 68.8. The monoisotopic (exact) mass is 1510 g/mol. The third kappa shape index (κ3) is 78.0. The summed E-state index contributed by atoms with van der Waals surface area (Å²) >= 11 is 0. The molecule has 0 radical (unpaired) electrons. The second-order valence-electron chi connectivity index (χ2n) is 31.2. The van der Waals surface area contributed by atoms with Gasteiger partial charge in [-0.25, -0.2) is 9.13 Å². The van der Waals surface area contributed by atoms with Crippen LogP contribution in [0.4, 0.5) is 0 Å². The number of hydrogen-bond donors (Lipinski definition) is 3. The number of rotatable bonds is 83. The molecule has 103 heavy (non-hydrogen) atoms. The molecular weight excluding hydrogens is 1340 g/mol. The summed E-state index contributed by atoms with van der Waals surface area (Å²) in [6.07, 6.45) is 66.7. The molecule has 0 aromatic carbocycles. The molecule has 0 rings (SSSR count). The van der Waals surface area contributed by atoms with E-state index < -0.39 is 97.5 Å². The number of esters is 4. The summed E-state index contributed by atoms with van der Waals surface area (Å²) in [5, 5.41) is 10.7. The number of aliphatic hydroxyl groups is 1. The third-order valence-electron chi connectivity index (χ3n) is 19.7. The number of hydrogen-bond acceptors (Lipinski definition) is 15. The van der Waals surface area contributed by atoms with Gasteiger partial charge in [-0.1, -0.05) is 395 Å². The van der Waals surface area contributed by atoms with Crippen molar-refractivity contribution in [2.75, 3.05) is 39.6 Å². The lowest BCUT2D eigenvalue weighted by atomic mass is 10.0. The number of aliphatic hydroxyl groups excluding tert-OH is 1. The molecule has 0 spiro atoms. The Labute approximate surface area is 632 Å². The van der Waals surface area contributed by atoms with Crippen LogP contribution >= 0.6 is 15.6 Å². The Kier molecular flexibility index (Phi) is 74.1. The highest BCUT2D eigenvalue weighted by Crippen LogP contribution is 2.45. The summed E-state index contributed by atoms with van der Waals surface area (Å²) in [4.78, 5) is 73.1. The maximum Gasteiger partial charge on any atom is 0.472 e. The molecule has 17 nitrogen and oxygen atoms in total. The van der Waals surface area contributed by atoms with Gasteiger partial charge < -0.3 is 33.8 Å². The minimum Gasteiger partial charge on any atom is -0.462 e. The Hall–Kier alpha value is -1.94. The Morgan fingerprint density at radius 1 is 0.262 bits per heavy atom. The first-order chi connectivity index (χ1) is 49.9. The Balaban J connectivity index is 5.19. The van der Waals surface area contributed by atoms with Crippen LogP contribution in [0.2, 0.25) is 0 Å². The van der Waals surface area contributed by atoms with Crippen LogP contribution in [0.3, 0.4) is 0 Å². The fourth-order valence-electron chi connectivity index (χ4n) is 13.1. The van der Waals surface area contributed by atoms with Crippen LogP contribution in [0.15, 0.2) is 0 Å². The predicted molar refractivity (Wildman–Crippen MR) is 423 cm³/mol. The molecule has 2 unspecified atom stereocenters. The van der Waals surface area contributed by atoms with E-state index in [0.29, 0.717) is 25.7 Å². The molecule has 19 heteroatoms. The number of ether oxygens (including phenoxy) is 4. The molecule has 0 aliphatic heterocycles. The van der Waals surface area contributed by atoms with Gasteiger partial charge in [-0.3, -0.25) is 37.3 Å². The van der Waals surface area contributed by atoms with Crippen LogP contribution in [0, 0.1) is 11.8 Å². The summed E-state index contributed by atoms with van der Waals surface area (Å²) in [7, 11) is -9.92. The Morgan fingerprint density at radius 2 is 0.447 bits per heavy atom. The molecular formula is C84H164O17P2. The average Bonchev–Trinajstić information content (AvgIpc) is 0.927. The van der Waals surface area contributed by atoms with E-state index in [1.165, 1.54) is 257 Å². The predicted octanol–water partition coefficient (Wildman–Crippen LogP) is 25.5. The van der Waals surface area contributed by atoms with Gasteiger partial charge in [-0.15, -0.1) is 0 Å². The lowest BCUT2D eigenvalue weighted by Crippen LogP contribution is -2.30. The molecule has 0 bridgehead atoms. The lowest BCUT2D eigenvalue weighted by Gasteiger charge is -2.21. The maximum atomic E-state index is 13.1. The van der Waals surface area contributed by atoms with E-state index in [0.717, 1.165) is 108 Å². The van der Waals surface area contributed by atoms with Crippen molar-refractivity contribution in [3.8, 4) is 0 Å². The van der Waals surface area contributed by atoms with E-state index in [1.54, 1.807) is 0 Å². The molecule has 0 heterocycles. The van der Waals surface area contributed by atoms with Crippen molar-refractivity contribution in [2.45, 2.75) is 464 Å². The molecule has 0 aliphatic carbocycles.